The summed E-state index contributed by atoms with van der Waals surface area (Å²) in [6, 6.07) is 11.7. The number of halogens is 1. The first-order valence-electron chi connectivity index (χ1n) is 8.87. The van der Waals surface area contributed by atoms with E-state index < -0.39 is 37.0 Å². The second-order valence-electron chi connectivity index (χ2n) is 7.01. The van der Waals surface area contributed by atoms with Crippen molar-refractivity contribution in [3.05, 3.63) is 80.5 Å². The van der Waals surface area contributed by atoms with Crippen LogP contribution in [0.3, 0.4) is 0 Å². The second-order valence-corrected chi connectivity index (χ2v) is 9.20. The van der Waals surface area contributed by atoms with Gasteiger partial charge in [-0.3, -0.25) is 14.4 Å². The molecule has 3 rings (SSSR count). The molecule has 158 valence electrons. The molecule has 1 aliphatic heterocycles. The van der Waals surface area contributed by atoms with Gasteiger partial charge in [0.25, 0.3) is 15.7 Å². The quantitative estimate of drug-likeness (QED) is 0.387. The molecule has 8 nitrogen and oxygen atoms in total. The standard InChI is InChI=1S/C20H19ClN2O6S/c1-13-16(19(24)29-3)12-20(2,14-8-10-15(21)11-9-14)22(13)30(27,28)18-7-5-4-6-17(18)23(25)26/h4-11H,12H2,1-3H3. The van der Waals surface area contributed by atoms with Crippen molar-refractivity contribution in [2.45, 2.75) is 30.7 Å². The molecule has 0 fully saturated rings. The molecule has 1 atom stereocenters. The number of allylic oxidation sites excluding steroid dienone is 1. The Balaban J connectivity index is 2.28. The third kappa shape index (κ3) is 3.44. The fraction of sp³-hybridized carbons (Fsp3) is 0.250. The van der Waals surface area contributed by atoms with Crippen LogP contribution in [0.2, 0.25) is 5.02 Å². The van der Waals surface area contributed by atoms with Gasteiger partial charge < -0.3 is 4.74 Å². The van der Waals surface area contributed by atoms with Gasteiger partial charge in [-0.25, -0.2) is 13.2 Å². The van der Waals surface area contributed by atoms with E-state index in [-0.39, 0.29) is 17.7 Å². The Morgan fingerprint density at radius 1 is 1.20 bits per heavy atom. The molecule has 1 heterocycles. The number of hydrogen-bond donors (Lipinski definition) is 0. The van der Waals surface area contributed by atoms with Gasteiger partial charge in [0.2, 0.25) is 0 Å². The van der Waals surface area contributed by atoms with E-state index in [2.05, 4.69) is 0 Å². The molecule has 0 aromatic heterocycles. The van der Waals surface area contributed by atoms with Crippen LogP contribution in [0.25, 0.3) is 0 Å². The molecule has 0 amide bonds. The average molecular weight is 451 g/mol. The molecule has 0 saturated heterocycles. The highest BCUT2D eigenvalue weighted by atomic mass is 35.5. The highest BCUT2D eigenvalue weighted by Gasteiger charge is 2.51. The van der Waals surface area contributed by atoms with Crippen LogP contribution in [0.5, 0.6) is 0 Å². The summed E-state index contributed by atoms with van der Waals surface area (Å²) >= 11 is 5.98. The molecule has 2 aromatic rings. The van der Waals surface area contributed by atoms with Crippen molar-refractivity contribution in [1.82, 2.24) is 4.31 Å². The van der Waals surface area contributed by atoms with E-state index in [1.807, 2.05) is 0 Å². The number of nitro groups is 1. The van der Waals surface area contributed by atoms with E-state index >= 15 is 0 Å². The molecule has 1 unspecified atom stereocenters. The molecule has 2 aromatic carbocycles. The lowest BCUT2D eigenvalue weighted by Crippen LogP contribution is -2.43. The van der Waals surface area contributed by atoms with Crippen LogP contribution in [0.1, 0.15) is 25.8 Å². The minimum Gasteiger partial charge on any atom is -0.466 e. The van der Waals surface area contributed by atoms with Crippen molar-refractivity contribution in [1.29, 1.82) is 0 Å². The van der Waals surface area contributed by atoms with Crippen molar-refractivity contribution < 1.29 is 22.9 Å². The van der Waals surface area contributed by atoms with Gasteiger partial charge >= 0.3 is 5.97 Å². The number of methoxy groups -OCH3 is 1. The third-order valence-electron chi connectivity index (χ3n) is 5.19. The zero-order valence-electron chi connectivity index (χ0n) is 16.5. The number of nitro benzene ring substituents is 1. The number of carbonyl (C=O) groups is 1. The van der Waals surface area contributed by atoms with E-state index in [4.69, 9.17) is 16.3 Å². The molecule has 0 radical (unpaired) electrons. The monoisotopic (exact) mass is 450 g/mol. The smallest absolute Gasteiger partial charge is 0.335 e. The number of hydrogen-bond acceptors (Lipinski definition) is 6. The predicted molar refractivity (Wildman–Crippen MR) is 110 cm³/mol. The third-order valence-corrected chi connectivity index (χ3v) is 7.50. The summed E-state index contributed by atoms with van der Waals surface area (Å²) in [7, 11) is -3.20. The Morgan fingerprint density at radius 3 is 2.37 bits per heavy atom. The zero-order valence-corrected chi connectivity index (χ0v) is 18.0. The number of carbonyl (C=O) groups excluding carboxylic acids is 1. The summed E-state index contributed by atoms with van der Waals surface area (Å²) in [5.74, 6) is -0.659. The van der Waals surface area contributed by atoms with Crippen LogP contribution in [0, 0.1) is 10.1 Å². The molecule has 1 aliphatic rings. The van der Waals surface area contributed by atoms with Gasteiger partial charge in [-0.15, -0.1) is 0 Å². The minimum absolute atomic E-state index is 0.0347. The molecule has 0 spiro atoms. The zero-order chi connectivity index (χ0) is 22.3. The summed E-state index contributed by atoms with van der Waals surface area (Å²) < 4.78 is 33.3. The first-order chi connectivity index (χ1) is 14.0. The highest BCUT2D eigenvalue weighted by Crippen LogP contribution is 2.48. The summed E-state index contributed by atoms with van der Waals surface area (Å²) in [6.45, 7) is 3.14. The maximum atomic E-state index is 13.7. The Morgan fingerprint density at radius 2 is 1.80 bits per heavy atom. The summed E-state index contributed by atoms with van der Waals surface area (Å²) in [6.07, 6.45) is 0.0347. The van der Waals surface area contributed by atoms with Crippen molar-refractivity contribution in [3.8, 4) is 0 Å². The second kappa shape index (κ2) is 7.73. The number of nitrogens with zero attached hydrogens (tertiary/aromatic N) is 2. The molecule has 0 bridgehead atoms. The van der Waals surface area contributed by atoms with Crippen molar-refractivity contribution in [2.75, 3.05) is 7.11 Å². The Labute approximate surface area is 178 Å². The fourth-order valence-corrected chi connectivity index (χ4v) is 5.93. The molecular weight excluding hydrogens is 432 g/mol. The van der Waals surface area contributed by atoms with Gasteiger partial charge in [0.1, 0.15) is 0 Å². The first-order valence-corrected chi connectivity index (χ1v) is 10.7. The fourth-order valence-electron chi connectivity index (χ4n) is 3.78. The Kier molecular flexibility index (Phi) is 5.62. The van der Waals surface area contributed by atoms with E-state index in [0.717, 1.165) is 10.4 Å². The lowest BCUT2D eigenvalue weighted by molar-refractivity contribution is -0.387. The first kappa shape index (κ1) is 21.8. The van der Waals surface area contributed by atoms with E-state index in [0.29, 0.717) is 10.6 Å². The van der Waals surface area contributed by atoms with Gasteiger partial charge in [-0.2, -0.15) is 0 Å². The molecule has 0 saturated carbocycles. The average Bonchev–Trinajstić information content (AvgIpc) is 3.00. The van der Waals surface area contributed by atoms with Gasteiger partial charge in [0.05, 0.1) is 23.1 Å². The van der Waals surface area contributed by atoms with Crippen LogP contribution < -0.4 is 0 Å². The summed E-state index contributed by atoms with van der Waals surface area (Å²) in [4.78, 5) is 22.6. The van der Waals surface area contributed by atoms with Crippen molar-refractivity contribution in [3.63, 3.8) is 0 Å². The number of rotatable bonds is 5. The minimum atomic E-state index is -4.41. The summed E-state index contributed by atoms with van der Waals surface area (Å²) in [5, 5.41) is 11.9. The Bertz CT molecular complexity index is 1160. The van der Waals surface area contributed by atoms with Crippen LogP contribution in [0.4, 0.5) is 5.69 Å². The number of para-hydroxylation sites is 1. The largest absolute Gasteiger partial charge is 0.466 e. The number of benzene rings is 2. The van der Waals surface area contributed by atoms with Gasteiger partial charge in [0.15, 0.2) is 4.90 Å². The maximum absolute atomic E-state index is 13.7. The molecular formula is C20H19ClN2O6S. The molecule has 10 heteroatoms. The van der Waals surface area contributed by atoms with E-state index in [9.17, 15) is 23.3 Å². The normalized spacial score (nSPS) is 19.1. The lowest BCUT2D eigenvalue weighted by Gasteiger charge is -2.37. The number of esters is 1. The predicted octanol–water partition coefficient (Wildman–Crippen LogP) is 4.01. The topological polar surface area (TPSA) is 107 Å². The number of sulfonamides is 1. The van der Waals surface area contributed by atoms with Crippen molar-refractivity contribution in [2.24, 2.45) is 0 Å². The van der Waals surface area contributed by atoms with E-state index in [1.165, 1.54) is 32.2 Å². The van der Waals surface area contributed by atoms with Crippen molar-refractivity contribution >= 4 is 33.3 Å². The Hall–Kier alpha value is -2.91. The van der Waals surface area contributed by atoms with E-state index in [1.54, 1.807) is 31.2 Å². The molecule has 0 aliphatic carbocycles. The molecule has 0 N–H and O–H groups in total. The van der Waals surface area contributed by atoms with Crippen LogP contribution in [-0.2, 0) is 25.1 Å². The van der Waals surface area contributed by atoms with Gasteiger partial charge in [-0.05, 0) is 37.6 Å². The van der Waals surface area contributed by atoms with Gasteiger partial charge in [0, 0.05) is 23.2 Å². The van der Waals surface area contributed by atoms with Crippen LogP contribution in [0.15, 0.2) is 64.7 Å². The highest BCUT2D eigenvalue weighted by molar-refractivity contribution is 7.89. The van der Waals surface area contributed by atoms with Gasteiger partial charge in [-0.1, -0.05) is 35.9 Å². The maximum Gasteiger partial charge on any atom is 0.335 e. The number of ether oxygens (including phenoxy) is 1. The van der Waals surface area contributed by atoms with Crippen LogP contribution >= 0.6 is 11.6 Å². The lowest BCUT2D eigenvalue weighted by atomic mass is 9.88. The summed E-state index contributed by atoms with van der Waals surface area (Å²) in [5.41, 5.74) is -0.863. The van der Waals surface area contributed by atoms with Crippen LogP contribution in [-0.4, -0.2) is 30.7 Å². The SMILES string of the molecule is COC(=O)C1=C(C)N(S(=O)(=O)c2ccccc2[N+](=O)[O-])C(C)(c2ccc(Cl)cc2)C1. The molecule has 30 heavy (non-hydrogen) atoms.